The van der Waals surface area contributed by atoms with Gasteiger partial charge in [-0.25, -0.2) is 0 Å². The van der Waals surface area contributed by atoms with Gasteiger partial charge in [-0.3, -0.25) is 0 Å². The fraction of sp³-hybridized carbons (Fsp3) is 1.00. The number of hydrogen-bond acceptors (Lipinski definition) is 4. The average Bonchev–Trinajstić information content (AvgIpc) is 2.17. The molecule has 0 amide bonds. The summed E-state index contributed by atoms with van der Waals surface area (Å²) in [6.45, 7) is 5.70. The van der Waals surface area contributed by atoms with E-state index in [9.17, 15) is 0 Å². The second kappa shape index (κ2) is 5.80. The van der Waals surface area contributed by atoms with E-state index in [1.807, 2.05) is 0 Å². The highest BCUT2D eigenvalue weighted by atomic mass is 16.5. The lowest BCUT2D eigenvalue weighted by Crippen LogP contribution is -2.57. The molecule has 1 rings (SSSR count). The van der Waals surface area contributed by atoms with Crippen LogP contribution in [0.2, 0.25) is 0 Å². The molecule has 1 fully saturated rings. The Morgan fingerprint density at radius 2 is 2.27 bits per heavy atom. The van der Waals surface area contributed by atoms with Crippen molar-refractivity contribution in [2.24, 2.45) is 5.73 Å². The Morgan fingerprint density at radius 1 is 1.53 bits per heavy atom. The molecule has 0 spiro atoms. The molecule has 0 aromatic carbocycles. The number of nitrogens with two attached hydrogens (primary N) is 1. The maximum Gasteiger partial charge on any atom is 0.0565 e. The zero-order chi connectivity index (χ0) is 11.3. The third-order valence-corrected chi connectivity index (χ3v) is 3.11. The molecule has 0 aromatic rings. The summed E-state index contributed by atoms with van der Waals surface area (Å²) in [5, 5.41) is 3.60. The van der Waals surface area contributed by atoms with Crippen LogP contribution in [0.25, 0.3) is 0 Å². The highest BCUT2D eigenvalue weighted by Gasteiger charge is 2.33. The Hall–Kier alpha value is -0.160. The first-order chi connectivity index (χ1) is 7.08. The van der Waals surface area contributed by atoms with Crippen molar-refractivity contribution in [2.75, 3.05) is 40.3 Å². The molecule has 1 saturated heterocycles. The van der Waals surface area contributed by atoms with Crippen molar-refractivity contribution < 1.29 is 4.74 Å². The van der Waals surface area contributed by atoms with E-state index in [-0.39, 0.29) is 5.54 Å². The lowest BCUT2D eigenvalue weighted by atomic mass is 9.87. The van der Waals surface area contributed by atoms with E-state index in [4.69, 9.17) is 10.5 Å². The van der Waals surface area contributed by atoms with Crippen LogP contribution in [0, 0.1) is 0 Å². The lowest BCUT2D eigenvalue weighted by Gasteiger charge is -2.40. The van der Waals surface area contributed by atoms with Crippen LogP contribution in [0.1, 0.15) is 19.8 Å². The van der Waals surface area contributed by atoms with Crippen LogP contribution in [0.3, 0.4) is 0 Å². The number of rotatable bonds is 5. The van der Waals surface area contributed by atoms with E-state index in [0.717, 1.165) is 32.5 Å². The van der Waals surface area contributed by atoms with Crippen LogP contribution >= 0.6 is 0 Å². The normalized spacial score (nSPS) is 32.2. The van der Waals surface area contributed by atoms with Crippen LogP contribution in [0.15, 0.2) is 0 Å². The number of nitrogens with one attached hydrogen (secondary N) is 1. The SMILES string of the molecule is CC1CC(CN)(NCCN(C)C)CCO1. The molecular formula is C11H25N3O. The third-order valence-electron chi connectivity index (χ3n) is 3.11. The number of hydrogen-bond donors (Lipinski definition) is 2. The summed E-state index contributed by atoms with van der Waals surface area (Å²) < 4.78 is 5.56. The third kappa shape index (κ3) is 4.07. The van der Waals surface area contributed by atoms with Gasteiger partial charge in [-0.05, 0) is 33.9 Å². The molecule has 2 atom stereocenters. The van der Waals surface area contributed by atoms with Crippen LogP contribution < -0.4 is 11.1 Å². The molecule has 1 aliphatic heterocycles. The van der Waals surface area contributed by atoms with Gasteiger partial charge in [-0.2, -0.15) is 0 Å². The predicted octanol–water partition coefficient (Wildman–Crippen LogP) is 0.0340. The fourth-order valence-corrected chi connectivity index (χ4v) is 2.13. The minimum atomic E-state index is 0.105. The van der Waals surface area contributed by atoms with Gasteiger partial charge in [0.05, 0.1) is 6.10 Å². The minimum Gasteiger partial charge on any atom is -0.378 e. The molecule has 0 saturated carbocycles. The van der Waals surface area contributed by atoms with E-state index in [1.54, 1.807) is 0 Å². The van der Waals surface area contributed by atoms with E-state index >= 15 is 0 Å². The minimum absolute atomic E-state index is 0.105. The molecular weight excluding hydrogens is 190 g/mol. The maximum atomic E-state index is 5.89. The van der Waals surface area contributed by atoms with Crippen LogP contribution in [-0.2, 0) is 4.74 Å². The Bertz CT molecular complexity index is 187. The van der Waals surface area contributed by atoms with Gasteiger partial charge in [0.2, 0.25) is 0 Å². The molecule has 3 N–H and O–H groups in total. The van der Waals surface area contributed by atoms with Gasteiger partial charge in [-0.15, -0.1) is 0 Å². The van der Waals surface area contributed by atoms with Crippen LogP contribution in [0.4, 0.5) is 0 Å². The molecule has 4 heteroatoms. The van der Waals surface area contributed by atoms with Crippen LogP contribution in [-0.4, -0.2) is 56.9 Å². The second-order valence-electron chi connectivity index (χ2n) is 4.85. The molecule has 0 aliphatic carbocycles. The Labute approximate surface area is 93.1 Å². The molecule has 0 radical (unpaired) electrons. The van der Waals surface area contributed by atoms with Gasteiger partial charge in [0, 0.05) is 31.8 Å². The molecule has 15 heavy (non-hydrogen) atoms. The molecule has 4 nitrogen and oxygen atoms in total. The van der Waals surface area contributed by atoms with Crippen LogP contribution in [0.5, 0.6) is 0 Å². The van der Waals surface area contributed by atoms with Crippen molar-refractivity contribution in [3.63, 3.8) is 0 Å². The summed E-state index contributed by atoms with van der Waals surface area (Å²) in [5.41, 5.74) is 5.99. The van der Waals surface area contributed by atoms with Gasteiger partial charge in [0.1, 0.15) is 0 Å². The van der Waals surface area contributed by atoms with Crippen molar-refractivity contribution in [1.29, 1.82) is 0 Å². The van der Waals surface area contributed by atoms with Crippen molar-refractivity contribution >= 4 is 0 Å². The van der Waals surface area contributed by atoms with E-state index in [1.165, 1.54) is 0 Å². The summed E-state index contributed by atoms with van der Waals surface area (Å²) in [7, 11) is 4.17. The Balaban J connectivity index is 2.38. The van der Waals surface area contributed by atoms with Gasteiger partial charge >= 0.3 is 0 Å². The second-order valence-corrected chi connectivity index (χ2v) is 4.85. The standard InChI is InChI=1S/C11H25N3O/c1-10-8-11(9-12,4-7-15-10)13-5-6-14(2)3/h10,13H,4-9,12H2,1-3H3. The first-order valence-electron chi connectivity index (χ1n) is 5.79. The van der Waals surface area contributed by atoms with Gasteiger partial charge in [-0.1, -0.05) is 0 Å². The monoisotopic (exact) mass is 215 g/mol. The first kappa shape index (κ1) is 12.9. The van der Waals surface area contributed by atoms with Gasteiger partial charge < -0.3 is 20.7 Å². The topological polar surface area (TPSA) is 50.5 Å². The van der Waals surface area contributed by atoms with Gasteiger partial charge in [0.25, 0.3) is 0 Å². The van der Waals surface area contributed by atoms with E-state index in [2.05, 4.69) is 31.2 Å². The molecule has 0 bridgehead atoms. The summed E-state index contributed by atoms with van der Waals surface area (Å²) >= 11 is 0. The number of nitrogens with zero attached hydrogens (tertiary/aromatic N) is 1. The number of likely N-dealkylation sites (N-methyl/N-ethyl adjacent to an activating group) is 1. The van der Waals surface area contributed by atoms with Crippen molar-refractivity contribution in [3.05, 3.63) is 0 Å². The quantitative estimate of drug-likeness (QED) is 0.679. The van der Waals surface area contributed by atoms with E-state index in [0.29, 0.717) is 12.6 Å². The smallest absolute Gasteiger partial charge is 0.0565 e. The number of ether oxygens (including phenoxy) is 1. The van der Waals surface area contributed by atoms with Crippen molar-refractivity contribution in [3.8, 4) is 0 Å². The fourth-order valence-electron chi connectivity index (χ4n) is 2.13. The summed E-state index contributed by atoms with van der Waals surface area (Å²) in [4.78, 5) is 2.18. The zero-order valence-corrected chi connectivity index (χ0v) is 10.3. The summed E-state index contributed by atoms with van der Waals surface area (Å²) in [5.74, 6) is 0. The Kier molecular flexibility index (Phi) is 4.99. The van der Waals surface area contributed by atoms with Crippen molar-refractivity contribution in [2.45, 2.75) is 31.4 Å². The average molecular weight is 215 g/mol. The van der Waals surface area contributed by atoms with E-state index < -0.39 is 0 Å². The lowest BCUT2D eigenvalue weighted by molar-refractivity contribution is -0.0163. The molecule has 90 valence electrons. The molecule has 2 unspecified atom stereocenters. The van der Waals surface area contributed by atoms with Gasteiger partial charge in [0.15, 0.2) is 0 Å². The van der Waals surface area contributed by atoms with Crippen molar-refractivity contribution in [1.82, 2.24) is 10.2 Å². The predicted molar refractivity (Wildman–Crippen MR) is 63.0 cm³/mol. The molecule has 1 heterocycles. The molecule has 0 aromatic heterocycles. The summed E-state index contributed by atoms with van der Waals surface area (Å²) in [6.07, 6.45) is 2.38. The first-order valence-corrected chi connectivity index (χ1v) is 5.79. The largest absolute Gasteiger partial charge is 0.378 e. The maximum absolute atomic E-state index is 5.89. The zero-order valence-electron chi connectivity index (χ0n) is 10.3. The highest BCUT2D eigenvalue weighted by Crippen LogP contribution is 2.23. The summed E-state index contributed by atoms with van der Waals surface area (Å²) in [6, 6.07) is 0. The highest BCUT2D eigenvalue weighted by molar-refractivity contribution is 4.93. The molecule has 1 aliphatic rings. The Morgan fingerprint density at radius 3 is 2.80 bits per heavy atom.